The Balaban J connectivity index is 1.63. The summed E-state index contributed by atoms with van der Waals surface area (Å²) in [5.41, 5.74) is 0.841. The van der Waals surface area contributed by atoms with Gasteiger partial charge in [0.15, 0.2) is 0 Å². The minimum atomic E-state index is -3.57. The molecule has 1 amide bonds. The topological polar surface area (TPSA) is 84.3 Å². The van der Waals surface area contributed by atoms with Gasteiger partial charge in [-0.25, -0.2) is 13.1 Å². The number of nitrogens with zero attached hydrogens (tertiary/aromatic N) is 3. The maximum Gasteiger partial charge on any atom is 0.243 e. The van der Waals surface area contributed by atoms with Crippen LogP contribution in [0, 0.1) is 12.8 Å². The van der Waals surface area contributed by atoms with Gasteiger partial charge in [0.25, 0.3) is 0 Å². The molecule has 1 aromatic carbocycles. The van der Waals surface area contributed by atoms with Gasteiger partial charge in [0.2, 0.25) is 15.9 Å². The van der Waals surface area contributed by atoms with Crippen LogP contribution in [0.4, 0.5) is 5.82 Å². The standard InChI is InChI=1S/C19H25ClN4O3S/c1-13(2)24-18(12-14(3)22-24)21-19(25)15-8-10-23(11-9-15)28(26,27)17-6-4-16(20)5-7-17/h4-7,12-13,15H,8-11H2,1-3H3,(H,21,25). The van der Waals surface area contributed by atoms with E-state index in [0.29, 0.717) is 36.8 Å². The van der Waals surface area contributed by atoms with Crippen LogP contribution in [0.2, 0.25) is 5.02 Å². The van der Waals surface area contributed by atoms with Crippen molar-refractivity contribution in [2.24, 2.45) is 5.92 Å². The number of rotatable bonds is 5. The molecule has 2 heterocycles. The lowest BCUT2D eigenvalue weighted by Crippen LogP contribution is -2.41. The van der Waals surface area contributed by atoms with Gasteiger partial charge in [-0.1, -0.05) is 11.6 Å². The maximum absolute atomic E-state index is 12.8. The van der Waals surface area contributed by atoms with Crippen LogP contribution >= 0.6 is 11.6 Å². The number of hydrogen-bond acceptors (Lipinski definition) is 4. The second-order valence-electron chi connectivity index (χ2n) is 7.33. The van der Waals surface area contributed by atoms with Gasteiger partial charge in [-0.3, -0.25) is 4.79 Å². The second-order valence-corrected chi connectivity index (χ2v) is 9.71. The highest BCUT2D eigenvalue weighted by molar-refractivity contribution is 7.89. The van der Waals surface area contributed by atoms with Crippen LogP contribution in [0.5, 0.6) is 0 Å². The third-order valence-electron chi connectivity index (χ3n) is 4.87. The summed E-state index contributed by atoms with van der Waals surface area (Å²) >= 11 is 5.84. The van der Waals surface area contributed by atoms with E-state index in [-0.39, 0.29) is 22.8 Å². The van der Waals surface area contributed by atoms with Gasteiger partial charge in [0, 0.05) is 36.1 Å². The largest absolute Gasteiger partial charge is 0.311 e. The number of hydrogen-bond donors (Lipinski definition) is 1. The fraction of sp³-hybridized carbons (Fsp3) is 0.474. The number of piperidine rings is 1. The van der Waals surface area contributed by atoms with Crippen molar-refractivity contribution in [3.05, 3.63) is 41.0 Å². The first-order chi connectivity index (χ1) is 13.2. The van der Waals surface area contributed by atoms with Crippen molar-refractivity contribution in [1.82, 2.24) is 14.1 Å². The van der Waals surface area contributed by atoms with Gasteiger partial charge in [0.1, 0.15) is 5.82 Å². The molecule has 0 bridgehead atoms. The number of aryl methyl sites for hydroxylation is 1. The van der Waals surface area contributed by atoms with Gasteiger partial charge in [-0.2, -0.15) is 9.40 Å². The molecular formula is C19H25ClN4O3S. The van der Waals surface area contributed by atoms with Crippen molar-refractivity contribution in [2.45, 2.75) is 44.6 Å². The number of anilines is 1. The minimum absolute atomic E-state index is 0.0923. The Morgan fingerprint density at radius 1 is 1.21 bits per heavy atom. The van der Waals surface area contributed by atoms with E-state index in [1.54, 1.807) is 16.8 Å². The van der Waals surface area contributed by atoms with Crippen LogP contribution < -0.4 is 5.32 Å². The van der Waals surface area contributed by atoms with Crippen molar-refractivity contribution >= 4 is 33.3 Å². The molecule has 1 aromatic heterocycles. The Hall–Kier alpha value is -1.90. The van der Waals surface area contributed by atoms with E-state index in [9.17, 15) is 13.2 Å². The zero-order valence-corrected chi connectivity index (χ0v) is 17.8. The highest BCUT2D eigenvalue weighted by Gasteiger charge is 2.32. The first-order valence-corrected chi connectivity index (χ1v) is 11.1. The number of benzene rings is 1. The summed E-state index contributed by atoms with van der Waals surface area (Å²) in [5.74, 6) is 0.353. The lowest BCUT2D eigenvalue weighted by atomic mass is 9.97. The monoisotopic (exact) mass is 424 g/mol. The third-order valence-corrected chi connectivity index (χ3v) is 7.04. The molecule has 0 saturated carbocycles. The summed E-state index contributed by atoms with van der Waals surface area (Å²) in [4.78, 5) is 12.9. The molecule has 2 aromatic rings. The Kier molecular flexibility index (Phi) is 6.12. The van der Waals surface area contributed by atoms with E-state index in [2.05, 4.69) is 10.4 Å². The van der Waals surface area contributed by atoms with E-state index in [0.717, 1.165) is 5.69 Å². The molecule has 9 heteroatoms. The summed E-state index contributed by atoms with van der Waals surface area (Å²) in [7, 11) is -3.57. The molecule has 1 fully saturated rings. The minimum Gasteiger partial charge on any atom is -0.311 e. The number of sulfonamides is 1. The Labute approximate surface area is 170 Å². The van der Waals surface area contributed by atoms with Crippen LogP contribution in [-0.2, 0) is 14.8 Å². The van der Waals surface area contributed by atoms with E-state index in [1.807, 2.05) is 26.8 Å². The Morgan fingerprint density at radius 3 is 2.39 bits per heavy atom. The van der Waals surface area contributed by atoms with Crippen molar-refractivity contribution in [2.75, 3.05) is 18.4 Å². The van der Waals surface area contributed by atoms with Crippen molar-refractivity contribution < 1.29 is 13.2 Å². The van der Waals surface area contributed by atoms with Crippen LogP contribution in [0.1, 0.15) is 38.4 Å². The number of nitrogens with one attached hydrogen (secondary N) is 1. The number of carbonyl (C=O) groups is 1. The molecule has 1 aliphatic heterocycles. The SMILES string of the molecule is Cc1cc(NC(=O)C2CCN(S(=O)(=O)c3ccc(Cl)cc3)CC2)n(C(C)C)n1. The van der Waals surface area contributed by atoms with Crippen LogP contribution in [0.25, 0.3) is 0 Å². The number of aromatic nitrogens is 2. The van der Waals surface area contributed by atoms with Crippen molar-refractivity contribution in [1.29, 1.82) is 0 Å². The Morgan fingerprint density at radius 2 is 1.82 bits per heavy atom. The van der Waals surface area contributed by atoms with E-state index in [4.69, 9.17) is 11.6 Å². The highest BCUT2D eigenvalue weighted by atomic mass is 35.5. The van der Waals surface area contributed by atoms with E-state index in [1.165, 1.54) is 16.4 Å². The lowest BCUT2D eigenvalue weighted by molar-refractivity contribution is -0.121. The molecule has 1 N–H and O–H groups in total. The number of carbonyl (C=O) groups excluding carboxylic acids is 1. The summed E-state index contributed by atoms with van der Waals surface area (Å²) in [6, 6.07) is 8.12. The van der Waals surface area contributed by atoms with E-state index >= 15 is 0 Å². The molecule has 0 spiro atoms. The molecule has 0 unspecified atom stereocenters. The summed E-state index contributed by atoms with van der Waals surface area (Å²) in [5, 5.41) is 7.84. The van der Waals surface area contributed by atoms with E-state index < -0.39 is 10.0 Å². The zero-order valence-electron chi connectivity index (χ0n) is 16.2. The lowest BCUT2D eigenvalue weighted by Gasteiger charge is -2.30. The van der Waals surface area contributed by atoms with Crippen molar-refractivity contribution in [3.8, 4) is 0 Å². The Bertz CT molecular complexity index is 946. The summed E-state index contributed by atoms with van der Waals surface area (Å²) < 4.78 is 28.7. The van der Waals surface area contributed by atoms with Crippen molar-refractivity contribution in [3.63, 3.8) is 0 Å². The average Bonchev–Trinajstić information content (AvgIpc) is 3.02. The van der Waals surface area contributed by atoms with Gasteiger partial charge >= 0.3 is 0 Å². The quantitative estimate of drug-likeness (QED) is 0.796. The second kappa shape index (κ2) is 8.23. The fourth-order valence-corrected chi connectivity index (χ4v) is 4.94. The first-order valence-electron chi connectivity index (χ1n) is 9.31. The molecule has 0 atom stereocenters. The van der Waals surface area contributed by atoms with Gasteiger partial charge in [0.05, 0.1) is 10.6 Å². The normalized spacial score (nSPS) is 16.5. The molecule has 0 aliphatic carbocycles. The fourth-order valence-electron chi connectivity index (χ4n) is 3.35. The summed E-state index contributed by atoms with van der Waals surface area (Å²) in [6.07, 6.45) is 0.959. The molecule has 0 radical (unpaired) electrons. The number of amides is 1. The zero-order chi connectivity index (χ0) is 20.5. The molecule has 1 aliphatic rings. The smallest absolute Gasteiger partial charge is 0.243 e. The van der Waals surface area contributed by atoms with Crippen LogP contribution in [-0.4, -0.2) is 41.5 Å². The molecule has 1 saturated heterocycles. The molecule has 152 valence electrons. The molecule has 3 rings (SSSR count). The van der Waals surface area contributed by atoms with Gasteiger partial charge in [-0.15, -0.1) is 0 Å². The van der Waals surface area contributed by atoms with Gasteiger partial charge in [-0.05, 0) is 57.9 Å². The number of halogens is 1. The predicted molar refractivity (Wildman–Crippen MR) is 109 cm³/mol. The maximum atomic E-state index is 12.8. The first kappa shape index (κ1) is 20.8. The van der Waals surface area contributed by atoms with Crippen LogP contribution in [0.15, 0.2) is 35.2 Å². The summed E-state index contributed by atoms with van der Waals surface area (Å²) in [6.45, 7) is 6.51. The predicted octanol–water partition coefficient (Wildman–Crippen LogP) is 3.47. The van der Waals surface area contributed by atoms with Gasteiger partial charge < -0.3 is 5.32 Å². The molecule has 28 heavy (non-hydrogen) atoms. The molecule has 7 nitrogen and oxygen atoms in total. The molecular weight excluding hydrogens is 400 g/mol. The average molecular weight is 425 g/mol. The van der Waals surface area contributed by atoms with Crippen LogP contribution in [0.3, 0.4) is 0 Å². The third kappa shape index (κ3) is 4.39. The highest BCUT2D eigenvalue weighted by Crippen LogP contribution is 2.26.